The van der Waals surface area contributed by atoms with Crippen LogP contribution in [0.5, 0.6) is 0 Å². The Hall–Kier alpha value is -1.89. The minimum absolute atomic E-state index is 0.0993. The van der Waals surface area contributed by atoms with Gasteiger partial charge < -0.3 is 15.0 Å². The van der Waals surface area contributed by atoms with Gasteiger partial charge in [-0.1, -0.05) is 20.3 Å². The number of aryl methyl sites for hydroxylation is 1. The lowest BCUT2D eigenvalue weighted by molar-refractivity contribution is -0.384. The number of nitrogens with one attached hydrogen (secondary N) is 1. The number of hydrogen-bond acceptors (Lipinski definition) is 4. The number of carbonyl (C=O) groups excluding carboxylic acids is 1. The fraction of sp³-hybridized carbons (Fsp3) is 0.615. The highest BCUT2D eigenvalue weighted by molar-refractivity contribution is 5.93. The molecule has 1 heterocycles. The molecule has 0 fully saturated rings. The van der Waals surface area contributed by atoms with Crippen LogP contribution < -0.4 is 5.32 Å². The fourth-order valence-corrected chi connectivity index (χ4v) is 1.95. The zero-order chi connectivity index (χ0) is 15.1. The third kappa shape index (κ3) is 4.34. The number of rotatable bonds is 8. The summed E-state index contributed by atoms with van der Waals surface area (Å²) >= 11 is 0. The van der Waals surface area contributed by atoms with Crippen molar-refractivity contribution in [2.75, 3.05) is 6.54 Å². The molecular formula is C13H21N3O4. The Morgan fingerprint density at radius 1 is 1.50 bits per heavy atom. The van der Waals surface area contributed by atoms with E-state index < -0.39 is 16.9 Å². The second-order valence-corrected chi connectivity index (χ2v) is 4.69. The maximum absolute atomic E-state index is 12.0. The second-order valence-electron chi connectivity index (χ2n) is 4.69. The molecule has 0 saturated heterocycles. The van der Waals surface area contributed by atoms with Crippen LogP contribution >= 0.6 is 0 Å². The first-order valence-corrected chi connectivity index (χ1v) is 6.80. The van der Waals surface area contributed by atoms with Crippen molar-refractivity contribution in [2.24, 2.45) is 0 Å². The largest absolute Gasteiger partial charge is 0.391 e. The molecule has 1 amide bonds. The van der Waals surface area contributed by atoms with Gasteiger partial charge in [-0.15, -0.1) is 0 Å². The highest BCUT2D eigenvalue weighted by atomic mass is 16.6. The molecule has 0 radical (unpaired) electrons. The number of amides is 1. The molecule has 0 aliphatic carbocycles. The van der Waals surface area contributed by atoms with E-state index in [9.17, 15) is 20.0 Å². The Morgan fingerprint density at radius 3 is 2.75 bits per heavy atom. The molecule has 0 aromatic carbocycles. The summed E-state index contributed by atoms with van der Waals surface area (Å²) in [6, 6.07) is 1.26. The number of carbonyl (C=O) groups is 1. The zero-order valence-electron chi connectivity index (χ0n) is 11.8. The topological polar surface area (TPSA) is 97.4 Å². The van der Waals surface area contributed by atoms with Crippen LogP contribution in [0.2, 0.25) is 0 Å². The van der Waals surface area contributed by atoms with Gasteiger partial charge >= 0.3 is 0 Å². The molecule has 2 N–H and O–H groups in total. The van der Waals surface area contributed by atoms with Gasteiger partial charge in [0, 0.05) is 19.2 Å². The third-order valence-corrected chi connectivity index (χ3v) is 2.91. The lowest BCUT2D eigenvalue weighted by Crippen LogP contribution is -2.33. The first-order valence-electron chi connectivity index (χ1n) is 6.80. The summed E-state index contributed by atoms with van der Waals surface area (Å²) in [6.45, 7) is 4.56. The maximum Gasteiger partial charge on any atom is 0.287 e. The molecule has 0 aliphatic rings. The van der Waals surface area contributed by atoms with Crippen molar-refractivity contribution in [3.63, 3.8) is 0 Å². The van der Waals surface area contributed by atoms with Crippen LogP contribution in [0.4, 0.5) is 5.69 Å². The van der Waals surface area contributed by atoms with Gasteiger partial charge in [-0.3, -0.25) is 14.9 Å². The van der Waals surface area contributed by atoms with Crippen LogP contribution in [0.1, 0.15) is 43.6 Å². The molecule has 1 unspecified atom stereocenters. The maximum atomic E-state index is 12.0. The van der Waals surface area contributed by atoms with Crippen LogP contribution in [-0.4, -0.2) is 33.2 Å². The van der Waals surface area contributed by atoms with Gasteiger partial charge in [-0.2, -0.15) is 0 Å². The summed E-state index contributed by atoms with van der Waals surface area (Å²) < 4.78 is 1.57. The molecule has 0 saturated carbocycles. The van der Waals surface area contributed by atoms with Crippen LogP contribution in [0.15, 0.2) is 12.3 Å². The van der Waals surface area contributed by atoms with E-state index in [0.717, 1.165) is 12.8 Å². The van der Waals surface area contributed by atoms with E-state index in [-0.39, 0.29) is 17.9 Å². The Morgan fingerprint density at radius 2 is 2.20 bits per heavy atom. The van der Waals surface area contributed by atoms with Gasteiger partial charge in [-0.25, -0.2) is 0 Å². The number of nitro groups is 1. The lowest BCUT2D eigenvalue weighted by Gasteiger charge is -2.11. The van der Waals surface area contributed by atoms with Gasteiger partial charge in [0.05, 0.1) is 17.2 Å². The third-order valence-electron chi connectivity index (χ3n) is 2.91. The van der Waals surface area contributed by atoms with Crippen LogP contribution in [0.3, 0.4) is 0 Å². The summed E-state index contributed by atoms with van der Waals surface area (Å²) in [6.07, 6.45) is 2.98. The minimum Gasteiger partial charge on any atom is -0.391 e. The zero-order valence-corrected chi connectivity index (χ0v) is 11.8. The molecule has 7 heteroatoms. The standard InChI is InChI=1S/C13H21N3O4/c1-3-5-11(17)8-14-13(18)12-7-10(16(19)20)9-15(12)6-4-2/h7,9,11,17H,3-6,8H2,1-2H3,(H,14,18). The highest BCUT2D eigenvalue weighted by Crippen LogP contribution is 2.17. The van der Waals surface area contributed by atoms with Gasteiger partial charge in [0.2, 0.25) is 0 Å². The molecule has 0 bridgehead atoms. The molecule has 20 heavy (non-hydrogen) atoms. The van der Waals surface area contributed by atoms with E-state index in [4.69, 9.17) is 0 Å². The Balaban J connectivity index is 2.77. The molecule has 1 atom stereocenters. The van der Waals surface area contributed by atoms with Crippen molar-refractivity contribution in [1.82, 2.24) is 9.88 Å². The van der Waals surface area contributed by atoms with Crippen molar-refractivity contribution < 1.29 is 14.8 Å². The smallest absolute Gasteiger partial charge is 0.287 e. The Labute approximate surface area is 117 Å². The van der Waals surface area contributed by atoms with Crippen molar-refractivity contribution in [3.8, 4) is 0 Å². The molecule has 7 nitrogen and oxygen atoms in total. The minimum atomic E-state index is -0.589. The predicted molar refractivity (Wildman–Crippen MR) is 74.6 cm³/mol. The number of aromatic nitrogens is 1. The van der Waals surface area contributed by atoms with Gasteiger partial charge in [0.1, 0.15) is 5.69 Å². The number of aliphatic hydroxyl groups is 1. The summed E-state index contributed by atoms with van der Waals surface area (Å²) in [5, 5.41) is 22.9. The van der Waals surface area contributed by atoms with E-state index in [1.54, 1.807) is 4.57 Å². The molecule has 1 aromatic rings. The first kappa shape index (κ1) is 16.2. The number of hydrogen-bond donors (Lipinski definition) is 2. The molecule has 112 valence electrons. The van der Waals surface area contributed by atoms with Crippen LogP contribution in [-0.2, 0) is 6.54 Å². The van der Waals surface area contributed by atoms with E-state index in [2.05, 4.69) is 5.32 Å². The number of nitrogens with zero attached hydrogens (tertiary/aromatic N) is 2. The molecule has 1 aromatic heterocycles. The molecular weight excluding hydrogens is 262 g/mol. The highest BCUT2D eigenvalue weighted by Gasteiger charge is 2.19. The van der Waals surface area contributed by atoms with Gasteiger partial charge in [0.25, 0.3) is 11.6 Å². The van der Waals surface area contributed by atoms with Crippen molar-refractivity contribution >= 4 is 11.6 Å². The summed E-state index contributed by atoms with van der Waals surface area (Å²) in [7, 11) is 0. The van der Waals surface area contributed by atoms with E-state index in [1.165, 1.54) is 12.3 Å². The Bertz CT molecular complexity index is 470. The summed E-state index contributed by atoms with van der Waals surface area (Å²) in [5.74, 6) is -0.401. The van der Waals surface area contributed by atoms with Crippen LogP contribution in [0, 0.1) is 10.1 Å². The summed E-state index contributed by atoms with van der Waals surface area (Å²) in [4.78, 5) is 22.3. The average molecular weight is 283 g/mol. The Kier molecular flexibility index (Phi) is 6.17. The predicted octanol–water partition coefficient (Wildman–Crippen LogP) is 1.70. The second kappa shape index (κ2) is 7.64. The fourth-order valence-electron chi connectivity index (χ4n) is 1.95. The van der Waals surface area contributed by atoms with Crippen molar-refractivity contribution in [2.45, 2.75) is 45.8 Å². The van der Waals surface area contributed by atoms with Gasteiger partial charge in [0.15, 0.2) is 0 Å². The molecule has 0 aliphatic heterocycles. The van der Waals surface area contributed by atoms with Crippen molar-refractivity contribution in [1.29, 1.82) is 0 Å². The van der Waals surface area contributed by atoms with Gasteiger partial charge in [-0.05, 0) is 12.8 Å². The average Bonchev–Trinajstić information content (AvgIpc) is 2.81. The van der Waals surface area contributed by atoms with Crippen molar-refractivity contribution in [3.05, 3.63) is 28.1 Å². The number of aliphatic hydroxyl groups excluding tert-OH is 1. The quantitative estimate of drug-likeness (QED) is 0.560. The van der Waals surface area contributed by atoms with Crippen LogP contribution in [0.25, 0.3) is 0 Å². The van der Waals surface area contributed by atoms with E-state index in [1.807, 2.05) is 13.8 Å². The molecule has 1 rings (SSSR count). The van der Waals surface area contributed by atoms with E-state index in [0.29, 0.717) is 13.0 Å². The SMILES string of the molecule is CCCC(O)CNC(=O)c1cc([N+](=O)[O-])cn1CCC. The molecule has 0 spiro atoms. The van der Waals surface area contributed by atoms with E-state index >= 15 is 0 Å². The summed E-state index contributed by atoms with van der Waals surface area (Å²) in [5.41, 5.74) is 0.153. The monoisotopic (exact) mass is 283 g/mol. The normalized spacial score (nSPS) is 12.2. The first-order chi connectivity index (χ1) is 9.49. The lowest BCUT2D eigenvalue weighted by atomic mass is 10.2.